The molecule has 2 amide bonds. The van der Waals surface area contributed by atoms with E-state index in [0.29, 0.717) is 25.6 Å². The van der Waals surface area contributed by atoms with Crippen molar-refractivity contribution in [2.75, 3.05) is 26.2 Å². The molecule has 1 fully saturated rings. The molecule has 0 saturated heterocycles. The SMILES string of the molecule is Cc1ccc(OCC2c3ccsc3CCN2C(=O)CN(CC2CC2)C(=O)c2ccccc2F)c(C)c1. The zero-order valence-corrected chi connectivity index (χ0v) is 21.5. The van der Waals surface area contributed by atoms with Gasteiger partial charge in [-0.1, -0.05) is 29.8 Å². The van der Waals surface area contributed by atoms with E-state index in [-0.39, 0.29) is 24.1 Å². The third kappa shape index (κ3) is 5.31. The average Bonchev–Trinajstić information content (AvgIpc) is 3.55. The summed E-state index contributed by atoms with van der Waals surface area (Å²) in [5.41, 5.74) is 3.35. The molecular weight excluding hydrogens is 475 g/mol. The van der Waals surface area contributed by atoms with Gasteiger partial charge in [0.15, 0.2) is 0 Å². The largest absolute Gasteiger partial charge is 0.491 e. The van der Waals surface area contributed by atoms with Crippen LogP contribution in [0.4, 0.5) is 4.39 Å². The van der Waals surface area contributed by atoms with Crippen molar-refractivity contribution in [2.45, 2.75) is 39.2 Å². The topological polar surface area (TPSA) is 49.9 Å². The van der Waals surface area contributed by atoms with Gasteiger partial charge >= 0.3 is 0 Å². The fraction of sp³-hybridized carbons (Fsp3) is 0.379. The summed E-state index contributed by atoms with van der Waals surface area (Å²) in [6.07, 6.45) is 2.84. The molecule has 1 aliphatic carbocycles. The van der Waals surface area contributed by atoms with Crippen molar-refractivity contribution < 1.29 is 18.7 Å². The van der Waals surface area contributed by atoms with Gasteiger partial charge in [-0.15, -0.1) is 11.3 Å². The second-order valence-electron chi connectivity index (χ2n) is 9.84. The molecule has 2 heterocycles. The molecule has 0 N–H and O–H groups in total. The molecule has 36 heavy (non-hydrogen) atoms. The standard InChI is InChI=1S/C29H31FN2O3S/c1-19-7-10-26(20(2)15-19)35-18-25-23-12-14-36-27(23)11-13-32(25)28(33)17-31(16-21-8-9-21)29(34)22-5-3-4-6-24(22)30/h3-7,10,12,14-15,21,25H,8-9,11,13,16-18H2,1-2H3. The highest BCUT2D eigenvalue weighted by Gasteiger charge is 2.35. The summed E-state index contributed by atoms with van der Waals surface area (Å²) in [5, 5.41) is 2.06. The Hall–Kier alpha value is -3.19. The van der Waals surface area contributed by atoms with E-state index in [1.165, 1.54) is 27.5 Å². The summed E-state index contributed by atoms with van der Waals surface area (Å²) >= 11 is 1.70. The lowest BCUT2D eigenvalue weighted by atomic mass is 10.00. The Morgan fingerprint density at radius 2 is 1.94 bits per heavy atom. The Labute approximate surface area is 215 Å². The second-order valence-corrected chi connectivity index (χ2v) is 10.8. The van der Waals surface area contributed by atoms with Crippen LogP contribution in [-0.4, -0.2) is 47.9 Å². The Kier molecular flexibility index (Phi) is 7.10. The number of rotatable bonds is 8. The number of ether oxygens (including phenoxy) is 1. The molecule has 1 unspecified atom stereocenters. The quantitative estimate of drug-likeness (QED) is 0.402. The number of hydrogen-bond acceptors (Lipinski definition) is 4. The first-order chi connectivity index (χ1) is 17.4. The Balaban J connectivity index is 1.36. The van der Waals surface area contributed by atoms with Crippen LogP contribution in [0.1, 0.15) is 50.8 Å². The van der Waals surface area contributed by atoms with Gasteiger partial charge in [-0.2, -0.15) is 0 Å². The lowest BCUT2D eigenvalue weighted by molar-refractivity contribution is -0.135. The molecule has 1 aromatic heterocycles. The van der Waals surface area contributed by atoms with E-state index in [0.717, 1.165) is 36.1 Å². The van der Waals surface area contributed by atoms with Crippen molar-refractivity contribution in [3.8, 4) is 5.75 Å². The first kappa shape index (κ1) is 24.5. The van der Waals surface area contributed by atoms with Crippen molar-refractivity contribution in [3.63, 3.8) is 0 Å². The van der Waals surface area contributed by atoms with Gasteiger partial charge in [-0.05, 0) is 79.8 Å². The molecule has 5 rings (SSSR count). The number of aryl methyl sites for hydroxylation is 2. The monoisotopic (exact) mass is 506 g/mol. The normalized spacial score (nSPS) is 17.0. The number of amides is 2. The number of benzene rings is 2. The molecule has 1 atom stereocenters. The predicted octanol–water partition coefficient (Wildman–Crippen LogP) is 5.56. The number of hydrogen-bond donors (Lipinski definition) is 0. The fourth-order valence-electron chi connectivity index (χ4n) is 4.90. The van der Waals surface area contributed by atoms with Crippen LogP contribution >= 0.6 is 11.3 Å². The van der Waals surface area contributed by atoms with E-state index in [4.69, 9.17) is 4.74 Å². The molecule has 0 radical (unpaired) electrons. The zero-order valence-electron chi connectivity index (χ0n) is 20.7. The third-order valence-corrected chi connectivity index (χ3v) is 8.03. The molecule has 2 aromatic carbocycles. The minimum atomic E-state index is -0.559. The molecule has 1 aliphatic heterocycles. The average molecular weight is 507 g/mol. The third-order valence-electron chi connectivity index (χ3n) is 7.04. The number of halogens is 1. The van der Waals surface area contributed by atoms with Crippen LogP contribution < -0.4 is 4.74 Å². The molecule has 5 nitrogen and oxygen atoms in total. The van der Waals surface area contributed by atoms with E-state index in [1.807, 2.05) is 30.9 Å². The van der Waals surface area contributed by atoms with Gasteiger partial charge in [-0.25, -0.2) is 4.39 Å². The first-order valence-corrected chi connectivity index (χ1v) is 13.4. The first-order valence-electron chi connectivity index (χ1n) is 12.5. The van der Waals surface area contributed by atoms with E-state index < -0.39 is 11.7 Å². The number of carbonyl (C=O) groups is 2. The van der Waals surface area contributed by atoms with Crippen LogP contribution in [0.25, 0.3) is 0 Å². The van der Waals surface area contributed by atoms with Gasteiger partial charge in [0.05, 0.1) is 11.6 Å². The van der Waals surface area contributed by atoms with Crippen LogP contribution in [0, 0.1) is 25.6 Å². The van der Waals surface area contributed by atoms with E-state index in [9.17, 15) is 14.0 Å². The van der Waals surface area contributed by atoms with Gasteiger partial charge in [0, 0.05) is 18.0 Å². The number of thiophene rings is 1. The number of carbonyl (C=O) groups excluding carboxylic acids is 2. The zero-order chi connectivity index (χ0) is 25.2. The van der Waals surface area contributed by atoms with Crippen LogP contribution in [-0.2, 0) is 11.2 Å². The summed E-state index contributed by atoms with van der Waals surface area (Å²) in [4.78, 5) is 31.6. The summed E-state index contributed by atoms with van der Waals surface area (Å²) in [5.74, 6) is 0.0647. The van der Waals surface area contributed by atoms with Crippen LogP contribution in [0.15, 0.2) is 53.9 Å². The molecular formula is C29H31FN2O3S. The van der Waals surface area contributed by atoms with E-state index in [2.05, 4.69) is 17.5 Å². The van der Waals surface area contributed by atoms with Crippen molar-refractivity contribution in [3.05, 3.63) is 86.9 Å². The smallest absolute Gasteiger partial charge is 0.257 e. The van der Waals surface area contributed by atoms with Crippen molar-refractivity contribution in [2.24, 2.45) is 5.92 Å². The fourth-order valence-corrected chi connectivity index (χ4v) is 5.82. The Morgan fingerprint density at radius 1 is 1.14 bits per heavy atom. The lowest BCUT2D eigenvalue weighted by Gasteiger charge is -2.37. The lowest BCUT2D eigenvalue weighted by Crippen LogP contribution is -2.48. The van der Waals surface area contributed by atoms with Crippen molar-refractivity contribution in [1.29, 1.82) is 0 Å². The predicted molar refractivity (Wildman–Crippen MR) is 139 cm³/mol. The molecule has 3 aromatic rings. The molecule has 0 spiro atoms. The van der Waals surface area contributed by atoms with Gasteiger partial charge < -0.3 is 14.5 Å². The van der Waals surface area contributed by atoms with E-state index in [1.54, 1.807) is 23.5 Å². The summed E-state index contributed by atoms with van der Waals surface area (Å²) in [6.45, 7) is 5.38. The number of nitrogens with zero attached hydrogens (tertiary/aromatic N) is 2. The highest BCUT2D eigenvalue weighted by Crippen LogP contribution is 2.35. The van der Waals surface area contributed by atoms with Crippen molar-refractivity contribution >= 4 is 23.2 Å². The van der Waals surface area contributed by atoms with Crippen LogP contribution in [0.3, 0.4) is 0 Å². The Morgan fingerprint density at radius 3 is 2.69 bits per heavy atom. The van der Waals surface area contributed by atoms with Crippen LogP contribution in [0.5, 0.6) is 5.75 Å². The van der Waals surface area contributed by atoms with Gasteiger partial charge in [-0.3, -0.25) is 9.59 Å². The van der Waals surface area contributed by atoms with Gasteiger partial charge in [0.1, 0.15) is 24.7 Å². The summed E-state index contributed by atoms with van der Waals surface area (Å²) < 4.78 is 20.6. The molecule has 188 valence electrons. The van der Waals surface area contributed by atoms with E-state index >= 15 is 0 Å². The molecule has 0 bridgehead atoms. The highest BCUT2D eigenvalue weighted by molar-refractivity contribution is 7.10. The van der Waals surface area contributed by atoms with Gasteiger partial charge in [0.2, 0.25) is 5.91 Å². The summed E-state index contributed by atoms with van der Waals surface area (Å²) in [7, 11) is 0. The second kappa shape index (κ2) is 10.4. The van der Waals surface area contributed by atoms with Gasteiger partial charge in [0.25, 0.3) is 5.91 Å². The van der Waals surface area contributed by atoms with Crippen molar-refractivity contribution in [1.82, 2.24) is 9.80 Å². The Bertz CT molecular complexity index is 1270. The molecule has 7 heteroatoms. The maximum atomic E-state index is 14.4. The summed E-state index contributed by atoms with van der Waals surface area (Å²) in [6, 6.07) is 13.9. The molecule has 2 aliphatic rings. The number of fused-ring (bicyclic) bond motifs is 1. The molecule has 1 saturated carbocycles. The highest BCUT2D eigenvalue weighted by atomic mass is 32.1. The minimum Gasteiger partial charge on any atom is -0.491 e. The van der Waals surface area contributed by atoms with Crippen LogP contribution in [0.2, 0.25) is 0 Å². The maximum absolute atomic E-state index is 14.4. The maximum Gasteiger partial charge on any atom is 0.257 e. The minimum absolute atomic E-state index is 0.0134.